The number of aliphatic carboxylic acids is 1. The predicted molar refractivity (Wildman–Crippen MR) is 58.8 cm³/mol. The first kappa shape index (κ1) is 10.9. The molecule has 1 aliphatic carbocycles. The third-order valence-electron chi connectivity index (χ3n) is 4.10. The van der Waals surface area contributed by atoms with E-state index in [1.807, 2.05) is 0 Å². The number of carboxylic acid groups (broad SMARTS) is 1. The van der Waals surface area contributed by atoms with Crippen molar-refractivity contribution in [2.45, 2.75) is 51.5 Å². The molecule has 1 N–H and O–H groups in total. The Morgan fingerprint density at radius 1 is 1.20 bits per heavy atom. The maximum atomic E-state index is 11.6. The van der Waals surface area contributed by atoms with Crippen LogP contribution in [0.25, 0.3) is 0 Å². The molecule has 1 aliphatic heterocycles. The van der Waals surface area contributed by atoms with Crippen LogP contribution in [0.4, 0.5) is 0 Å². The summed E-state index contributed by atoms with van der Waals surface area (Å²) in [4.78, 5) is 13.8. The van der Waals surface area contributed by atoms with Crippen molar-refractivity contribution in [1.82, 2.24) is 4.90 Å². The molecule has 3 nitrogen and oxygen atoms in total. The molecule has 1 saturated heterocycles. The van der Waals surface area contributed by atoms with Gasteiger partial charge in [0.1, 0.15) is 5.54 Å². The van der Waals surface area contributed by atoms with Gasteiger partial charge in [0.05, 0.1) is 0 Å². The van der Waals surface area contributed by atoms with Crippen LogP contribution in [-0.4, -0.2) is 34.6 Å². The van der Waals surface area contributed by atoms with E-state index in [-0.39, 0.29) is 5.41 Å². The molecule has 1 saturated carbocycles. The van der Waals surface area contributed by atoms with Gasteiger partial charge in [-0.25, -0.2) is 0 Å². The second kappa shape index (κ2) is 3.48. The van der Waals surface area contributed by atoms with Crippen molar-refractivity contribution in [1.29, 1.82) is 0 Å². The molecular formula is C12H21NO2. The van der Waals surface area contributed by atoms with Gasteiger partial charge in [0.25, 0.3) is 0 Å². The number of hydrogen-bond acceptors (Lipinski definition) is 2. The highest BCUT2D eigenvalue weighted by atomic mass is 16.4. The number of carboxylic acids is 1. The SMILES string of the molecule is CC1(C)CCC(C(=O)O)(N2CCCC2)C1. The van der Waals surface area contributed by atoms with E-state index in [1.54, 1.807) is 0 Å². The summed E-state index contributed by atoms with van der Waals surface area (Å²) in [7, 11) is 0. The molecule has 1 unspecified atom stereocenters. The minimum absolute atomic E-state index is 0.195. The number of likely N-dealkylation sites (tertiary alicyclic amines) is 1. The van der Waals surface area contributed by atoms with E-state index in [0.29, 0.717) is 0 Å². The third-order valence-corrected chi connectivity index (χ3v) is 4.10. The normalized spacial score (nSPS) is 35.9. The average Bonchev–Trinajstić information content (AvgIpc) is 2.71. The van der Waals surface area contributed by atoms with E-state index >= 15 is 0 Å². The van der Waals surface area contributed by atoms with Crippen LogP contribution in [0.15, 0.2) is 0 Å². The van der Waals surface area contributed by atoms with Crippen molar-refractivity contribution >= 4 is 5.97 Å². The summed E-state index contributed by atoms with van der Waals surface area (Å²) in [6, 6.07) is 0. The number of carbonyl (C=O) groups is 1. The van der Waals surface area contributed by atoms with Gasteiger partial charge in [0, 0.05) is 0 Å². The zero-order chi connectivity index (χ0) is 11.1. The molecule has 15 heavy (non-hydrogen) atoms. The fourth-order valence-electron chi connectivity index (χ4n) is 3.25. The Kier molecular flexibility index (Phi) is 2.53. The molecule has 1 heterocycles. The minimum atomic E-state index is -0.602. The van der Waals surface area contributed by atoms with Gasteiger partial charge in [-0.1, -0.05) is 13.8 Å². The first-order valence-corrected chi connectivity index (χ1v) is 5.95. The topological polar surface area (TPSA) is 40.5 Å². The van der Waals surface area contributed by atoms with Crippen LogP contribution in [0.2, 0.25) is 0 Å². The molecule has 2 fully saturated rings. The molecule has 2 aliphatic rings. The highest BCUT2D eigenvalue weighted by molar-refractivity contribution is 5.79. The lowest BCUT2D eigenvalue weighted by atomic mass is 9.87. The molecule has 0 amide bonds. The van der Waals surface area contributed by atoms with E-state index in [4.69, 9.17) is 0 Å². The van der Waals surface area contributed by atoms with Crippen molar-refractivity contribution < 1.29 is 9.90 Å². The summed E-state index contributed by atoms with van der Waals surface area (Å²) in [5.74, 6) is -0.602. The van der Waals surface area contributed by atoms with Crippen LogP contribution in [-0.2, 0) is 4.79 Å². The quantitative estimate of drug-likeness (QED) is 0.760. The van der Waals surface area contributed by atoms with Gasteiger partial charge >= 0.3 is 5.97 Å². The van der Waals surface area contributed by atoms with E-state index in [0.717, 1.165) is 45.2 Å². The Morgan fingerprint density at radius 2 is 1.80 bits per heavy atom. The van der Waals surface area contributed by atoms with Crippen LogP contribution in [0, 0.1) is 5.41 Å². The predicted octanol–water partition coefficient (Wildman–Crippen LogP) is 2.12. The van der Waals surface area contributed by atoms with E-state index in [9.17, 15) is 9.90 Å². The molecule has 0 aromatic carbocycles. The monoisotopic (exact) mass is 211 g/mol. The molecule has 0 spiro atoms. The maximum absolute atomic E-state index is 11.6. The van der Waals surface area contributed by atoms with Crippen LogP contribution in [0.1, 0.15) is 46.0 Å². The van der Waals surface area contributed by atoms with Gasteiger partial charge in [0.2, 0.25) is 0 Å². The number of rotatable bonds is 2. The van der Waals surface area contributed by atoms with Gasteiger partial charge in [-0.05, 0) is 50.6 Å². The van der Waals surface area contributed by atoms with Gasteiger partial charge < -0.3 is 5.11 Å². The minimum Gasteiger partial charge on any atom is -0.480 e. The summed E-state index contributed by atoms with van der Waals surface area (Å²) in [5.41, 5.74) is -0.346. The smallest absolute Gasteiger partial charge is 0.324 e. The summed E-state index contributed by atoms with van der Waals surface area (Å²) in [5, 5.41) is 9.51. The third kappa shape index (κ3) is 1.78. The Hall–Kier alpha value is -0.570. The Bertz CT molecular complexity index is 269. The molecule has 0 radical (unpaired) electrons. The van der Waals surface area contributed by atoms with Crippen molar-refractivity contribution in [2.75, 3.05) is 13.1 Å². The summed E-state index contributed by atoms with van der Waals surface area (Å²) in [6.45, 7) is 6.33. The Morgan fingerprint density at radius 3 is 2.20 bits per heavy atom. The van der Waals surface area contributed by atoms with Crippen molar-refractivity contribution in [3.8, 4) is 0 Å². The molecule has 3 heteroatoms. The highest BCUT2D eigenvalue weighted by Crippen LogP contribution is 2.47. The summed E-state index contributed by atoms with van der Waals surface area (Å²) >= 11 is 0. The fourth-order valence-corrected chi connectivity index (χ4v) is 3.25. The van der Waals surface area contributed by atoms with Crippen molar-refractivity contribution in [2.24, 2.45) is 5.41 Å². The lowest BCUT2D eigenvalue weighted by Gasteiger charge is -2.35. The van der Waals surface area contributed by atoms with E-state index in [1.165, 1.54) is 0 Å². The van der Waals surface area contributed by atoms with Crippen LogP contribution in [0.5, 0.6) is 0 Å². The molecule has 1 atom stereocenters. The molecule has 2 rings (SSSR count). The Balaban J connectivity index is 2.22. The Labute approximate surface area is 91.5 Å². The van der Waals surface area contributed by atoms with Gasteiger partial charge in [0.15, 0.2) is 0 Å². The standard InChI is InChI=1S/C12H21NO2/c1-11(2)5-6-12(9-11,10(14)15)13-7-3-4-8-13/h3-9H2,1-2H3,(H,14,15). The highest BCUT2D eigenvalue weighted by Gasteiger charge is 2.52. The second-order valence-corrected chi connectivity index (χ2v) is 5.87. The molecular weight excluding hydrogens is 190 g/mol. The summed E-state index contributed by atoms with van der Waals surface area (Å²) in [6.07, 6.45) is 5.01. The van der Waals surface area contributed by atoms with Gasteiger partial charge in [-0.15, -0.1) is 0 Å². The molecule has 0 aromatic heterocycles. The largest absolute Gasteiger partial charge is 0.480 e. The number of nitrogens with zero attached hydrogens (tertiary/aromatic N) is 1. The van der Waals surface area contributed by atoms with Crippen molar-refractivity contribution in [3.05, 3.63) is 0 Å². The average molecular weight is 211 g/mol. The van der Waals surface area contributed by atoms with Crippen LogP contribution >= 0.6 is 0 Å². The van der Waals surface area contributed by atoms with Gasteiger partial charge in [-0.2, -0.15) is 0 Å². The second-order valence-electron chi connectivity index (χ2n) is 5.87. The lowest BCUT2D eigenvalue weighted by molar-refractivity contribution is -0.151. The first-order chi connectivity index (χ1) is 6.96. The van der Waals surface area contributed by atoms with Crippen LogP contribution in [0.3, 0.4) is 0 Å². The number of hydrogen-bond donors (Lipinski definition) is 1. The molecule has 0 aromatic rings. The fraction of sp³-hybridized carbons (Fsp3) is 0.917. The lowest BCUT2D eigenvalue weighted by Crippen LogP contribution is -2.52. The molecule has 0 bridgehead atoms. The molecule has 86 valence electrons. The zero-order valence-corrected chi connectivity index (χ0v) is 9.75. The first-order valence-electron chi connectivity index (χ1n) is 5.95. The summed E-state index contributed by atoms with van der Waals surface area (Å²) < 4.78 is 0. The zero-order valence-electron chi connectivity index (χ0n) is 9.75. The van der Waals surface area contributed by atoms with E-state index in [2.05, 4.69) is 18.7 Å². The van der Waals surface area contributed by atoms with Crippen LogP contribution < -0.4 is 0 Å². The van der Waals surface area contributed by atoms with Gasteiger partial charge in [-0.3, -0.25) is 9.69 Å². The van der Waals surface area contributed by atoms with E-state index < -0.39 is 11.5 Å². The van der Waals surface area contributed by atoms with Crippen molar-refractivity contribution in [3.63, 3.8) is 0 Å². The maximum Gasteiger partial charge on any atom is 0.324 e.